The number of thioether (sulfide) groups is 1. The molecule has 0 unspecified atom stereocenters. The summed E-state index contributed by atoms with van der Waals surface area (Å²) in [5.41, 5.74) is 0.233. The minimum atomic E-state index is -4.22. The predicted molar refractivity (Wildman–Crippen MR) is 215 cm³/mol. The molecule has 0 atom stereocenters. The van der Waals surface area contributed by atoms with Gasteiger partial charge in [0.25, 0.3) is 0 Å². The second-order valence-electron chi connectivity index (χ2n) is 12.8. The molecule has 0 spiro atoms. The number of likely N-dealkylation sites (N-methyl/N-ethyl adjacent to an activating group) is 1. The van der Waals surface area contributed by atoms with Crippen LogP contribution in [0.3, 0.4) is 0 Å². The average molecular weight is 904 g/mol. The fourth-order valence-corrected chi connectivity index (χ4v) is 11.1. The number of aliphatic carboxylic acids is 1. The Labute approximate surface area is 339 Å². The summed E-state index contributed by atoms with van der Waals surface area (Å²) in [6.45, 7) is 2.54. The van der Waals surface area contributed by atoms with Crippen molar-refractivity contribution < 1.29 is 42.7 Å². The number of aromatic nitrogens is 3. The molecule has 6 rings (SSSR count). The number of para-hydroxylation sites is 1. The molecule has 0 aliphatic carbocycles. The van der Waals surface area contributed by atoms with Crippen molar-refractivity contribution in [2.45, 2.75) is 38.3 Å². The molecule has 300 valence electrons. The van der Waals surface area contributed by atoms with Gasteiger partial charge in [-0.1, -0.05) is 0 Å². The van der Waals surface area contributed by atoms with Crippen molar-refractivity contribution in [1.82, 2.24) is 23.5 Å². The molecule has 4 aromatic rings. The molecular weight excluding hydrogens is 868 g/mol. The molecule has 4 N–H and O–H groups in total. The van der Waals surface area contributed by atoms with E-state index in [1.54, 1.807) is 24.5 Å². The Morgan fingerprint density at radius 2 is 1.65 bits per heavy atom. The number of anilines is 1. The molecule has 57 heavy (non-hydrogen) atoms. The van der Waals surface area contributed by atoms with E-state index < -0.39 is 72.5 Å². The van der Waals surface area contributed by atoms with Crippen LogP contribution in [0, 0.1) is 9.57 Å². The van der Waals surface area contributed by atoms with Gasteiger partial charge in [-0.05, 0) is 0 Å². The van der Waals surface area contributed by atoms with Gasteiger partial charge in [-0.3, -0.25) is 4.55 Å². The van der Waals surface area contributed by atoms with Crippen LogP contribution in [-0.4, -0.2) is 122 Å². The van der Waals surface area contributed by atoms with Crippen LogP contribution in [0.15, 0.2) is 73.6 Å². The van der Waals surface area contributed by atoms with Crippen LogP contribution in [0.25, 0.3) is 17.5 Å². The summed E-state index contributed by atoms with van der Waals surface area (Å²) in [6.07, 6.45) is 1.74. The van der Waals surface area contributed by atoms with Gasteiger partial charge in [0.2, 0.25) is 0 Å². The number of benzene rings is 2. The van der Waals surface area contributed by atoms with Crippen molar-refractivity contribution in [3.63, 3.8) is 0 Å². The molecule has 0 saturated carbocycles. The normalized spacial score (nSPS) is 17.2. The molecular formula is C36H36N6O11S3Se. The summed E-state index contributed by atoms with van der Waals surface area (Å²) in [6, 6.07) is 12.9. The fourth-order valence-electron chi connectivity index (χ4n) is 6.62. The summed E-state index contributed by atoms with van der Waals surface area (Å²) < 4.78 is 36.5. The van der Waals surface area contributed by atoms with Gasteiger partial charge < -0.3 is 0 Å². The van der Waals surface area contributed by atoms with Crippen LogP contribution in [0.4, 0.5) is 5.69 Å². The number of hydrogen-bond donors (Lipinski definition) is 4. The zero-order chi connectivity index (χ0) is 41.5. The summed E-state index contributed by atoms with van der Waals surface area (Å²) in [5, 5.41) is 30.2. The second-order valence-corrected chi connectivity index (χ2v) is 17.9. The first-order valence-corrected chi connectivity index (χ1v) is 21.8. The van der Waals surface area contributed by atoms with Crippen molar-refractivity contribution >= 4 is 89.0 Å². The number of thiocarbonyl (C=S) groups is 1. The van der Waals surface area contributed by atoms with Crippen LogP contribution in [-0.2, 0) is 32.8 Å². The van der Waals surface area contributed by atoms with Gasteiger partial charge in [0.05, 0.1) is 0 Å². The number of rotatable bonds is 12. The topological polar surface area (TPSA) is 225 Å². The zero-order valence-corrected chi connectivity index (χ0v) is 34.8. The summed E-state index contributed by atoms with van der Waals surface area (Å²) in [4.78, 5) is 72.1. The van der Waals surface area contributed by atoms with Crippen LogP contribution in [0.1, 0.15) is 30.6 Å². The Hall–Kier alpha value is -5.02. The Kier molecular flexibility index (Phi) is 12.0. The zero-order valence-electron chi connectivity index (χ0n) is 30.6. The molecule has 2 aromatic heterocycles. The third-order valence-corrected chi connectivity index (χ3v) is 14.2. The number of fused-ring (bicyclic) bond motifs is 1. The molecule has 21 heteroatoms. The van der Waals surface area contributed by atoms with Crippen molar-refractivity contribution in [2.75, 3.05) is 37.4 Å². The monoisotopic (exact) mass is 904 g/mol. The van der Waals surface area contributed by atoms with Crippen molar-refractivity contribution in [2.24, 2.45) is 0 Å². The predicted octanol–water partition coefficient (Wildman–Crippen LogP) is 0.00898. The maximum atomic E-state index is 14.8. The van der Waals surface area contributed by atoms with Gasteiger partial charge in [0.1, 0.15) is 0 Å². The van der Waals surface area contributed by atoms with Gasteiger partial charge in [-0.2, -0.15) is 8.42 Å². The average Bonchev–Trinajstić information content (AvgIpc) is 3.83. The minimum absolute atomic E-state index is 0.0316. The van der Waals surface area contributed by atoms with E-state index in [4.69, 9.17) is 12.2 Å². The number of carbonyl (C=O) groups is 3. The number of imidazole rings is 1. The summed E-state index contributed by atoms with van der Waals surface area (Å²) >= 11 is 5.74. The summed E-state index contributed by atoms with van der Waals surface area (Å²) in [7, 11) is -2.80. The third-order valence-electron chi connectivity index (χ3n) is 9.15. The van der Waals surface area contributed by atoms with Crippen molar-refractivity contribution in [1.29, 1.82) is 0 Å². The standard InChI is InChI=1S/C36H36N6O11S3Se/c1-4-38-24(18-20(2)33-39(14-7-17-56(51,52)53)23-8-5-6-9-25(23)55-33)30(46)42(22-12-10-21(11-13-22)35(49)50)29(38)28-32(48)41(19-26(44)45)34(57-28)27-31(47)37(3)36(54)40(27)15-16-43/h5-6,8-13,18,43H,4,7,14-17,19H2,1-3H3,(H,44,45)(H,49,50)(H,51,52,53)/b24-18?,29-28-,33-20?,34-27+. The maximum absolute atomic E-state index is 14.8. The SMILES string of the molecule is CCn1c(=CC(C)=C2Sc3ccccc3N2CCCS(=O)(=O)O)c(=O)n(-c2ccc(C(=O)O)cc2)/c1=c1\[se]/c(=C2\C(=O)N(C)C(=S)N2CCO)n(CC(=O)O)c1=O. The van der Waals surface area contributed by atoms with E-state index in [2.05, 4.69) is 0 Å². The van der Waals surface area contributed by atoms with Crippen LogP contribution < -0.4 is 25.6 Å². The molecule has 0 radical (unpaired) electrons. The van der Waals surface area contributed by atoms with E-state index in [1.807, 2.05) is 29.2 Å². The Morgan fingerprint density at radius 1 is 0.965 bits per heavy atom. The molecule has 17 nitrogen and oxygen atoms in total. The first-order chi connectivity index (χ1) is 27.0. The van der Waals surface area contributed by atoms with Gasteiger partial charge in [0, 0.05) is 0 Å². The van der Waals surface area contributed by atoms with E-state index >= 15 is 0 Å². The van der Waals surface area contributed by atoms with Crippen LogP contribution in [0.5, 0.6) is 0 Å². The number of carbonyl (C=O) groups excluding carboxylic acids is 1. The molecule has 4 heterocycles. The van der Waals surface area contributed by atoms with Crippen molar-refractivity contribution in [3.05, 3.63) is 105 Å². The second kappa shape index (κ2) is 16.5. The number of allylic oxidation sites excluding steroid dienone is 1. The number of β-amino-alcohol motifs (C(OH)–C–C–N with tert-alkyl or cyclic N) is 1. The molecule has 0 bridgehead atoms. The number of aliphatic hydroxyl groups is 1. The van der Waals surface area contributed by atoms with E-state index in [-0.39, 0.29) is 67.3 Å². The summed E-state index contributed by atoms with van der Waals surface area (Å²) in [5.74, 6) is -3.63. The van der Waals surface area contributed by atoms with Gasteiger partial charge in [0.15, 0.2) is 0 Å². The van der Waals surface area contributed by atoms with Crippen LogP contribution in [0.2, 0.25) is 0 Å². The molecule has 1 saturated heterocycles. The van der Waals surface area contributed by atoms with E-state index in [9.17, 15) is 52.3 Å². The van der Waals surface area contributed by atoms with Gasteiger partial charge >= 0.3 is 328 Å². The Balaban J connectivity index is 1.74. The van der Waals surface area contributed by atoms with Crippen molar-refractivity contribution in [3.8, 4) is 5.69 Å². The number of carboxylic acid groups (broad SMARTS) is 2. The van der Waals surface area contributed by atoms with E-state index in [1.165, 1.54) is 52.5 Å². The number of hydrogen-bond acceptors (Lipinski definition) is 11. The molecule has 1 amide bonds. The number of amides is 1. The van der Waals surface area contributed by atoms with E-state index in [0.717, 1.165) is 20.0 Å². The van der Waals surface area contributed by atoms with Gasteiger partial charge in [-0.15, -0.1) is 0 Å². The molecule has 2 aliphatic rings. The Morgan fingerprint density at radius 3 is 2.26 bits per heavy atom. The van der Waals surface area contributed by atoms with E-state index in [0.29, 0.717) is 10.6 Å². The van der Waals surface area contributed by atoms with Crippen LogP contribution >= 0.6 is 24.0 Å². The number of carboxylic acids is 2. The first kappa shape index (κ1) is 41.6. The number of aromatic carboxylic acids is 1. The number of nitrogens with zero attached hydrogens (tertiary/aromatic N) is 6. The molecule has 1 fully saturated rings. The third kappa shape index (κ3) is 7.96. The molecule has 2 aromatic carbocycles. The first-order valence-electron chi connectivity index (χ1n) is 17.3. The Bertz CT molecular complexity index is 2840. The van der Waals surface area contributed by atoms with Gasteiger partial charge in [-0.25, -0.2) is 0 Å². The molecule has 2 aliphatic heterocycles. The number of aliphatic hydroxyl groups excluding tert-OH is 1. The fraction of sp³-hybridized carbons (Fsp3) is 0.278. The quantitative estimate of drug-likeness (QED) is 0.0835.